The summed E-state index contributed by atoms with van der Waals surface area (Å²) in [4.78, 5) is 0. The second-order valence-corrected chi connectivity index (χ2v) is 8.57. The first-order valence-corrected chi connectivity index (χ1v) is 12.6. The molecule has 0 bridgehead atoms. The second kappa shape index (κ2) is 15.6. The highest BCUT2D eigenvalue weighted by Crippen LogP contribution is 2.24. The van der Waals surface area contributed by atoms with Crippen LogP contribution in [-0.4, -0.2) is 12.8 Å². The van der Waals surface area contributed by atoms with Crippen LogP contribution >= 0.6 is 0 Å². The Morgan fingerprint density at radius 3 is 1.97 bits per heavy atom. The number of ether oxygens (including phenoxy) is 1. The summed E-state index contributed by atoms with van der Waals surface area (Å²) in [6, 6.07) is 17.0. The zero-order valence-corrected chi connectivity index (χ0v) is 20.1. The molecule has 0 amide bonds. The summed E-state index contributed by atoms with van der Waals surface area (Å²) in [6.07, 6.45) is 15.2. The maximum atomic E-state index is 5.70. The number of hydrogen-bond donors (Lipinski definition) is 2. The number of nitrogens with one attached hydrogen (secondary N) is 2. The van der Waals surface area contributed by atoms with Gasteiger partial charge in [-0.1, -0.05) is 89.0 Å². The highest BCUT2D eigenvalue weighted by Gasteiger charge is 2.06. The standard InChI is InChI=1S/C28H44N2O/c1-4-6-7-8-9-10-11-12-13-14-17-25-20-22-26(23-21-25)29-24(3)30-27-18-15-16-19-28(27)31-5-2/h15-16,18-24,29-30H,4-14,17H2,1-3H3. The summed E-state index contributed by atoms with van der Waals surface area (Å²) in [5.41, 5.74) is 3.59. The van der Waals surface area contributed by atoms with E-state index < -0.39 is 0 Å². The van der Waals surface area contributed by atoms with Crippen molar-refractivity contribution in [1.29, 1.82) is 0 Å². The molecule has 3 nitrogen and oxygen atoms in total. The number of hydrogen-bond acceptors (Lipinski definition) is 3. The van der Waals surface area contributed by atoms with Gasteiger partial charge in [-0.3, -0.25) is 0 Å². The fourth-order valence-electron chi connectivity index (χ4n) is 3.97. The minimum atomic E-state index is 0.106. The monoisotopic (exact) mass is 424 g/mol. The van der Waals surface area contributed by atoms with Crippen molar-refractivity contribution in [2.75, 3.05) is 17.2 Å². The Hall–Kier alpha value is -2.16. The molecule has 0 saturated heterocycles. The first-order chi connectivity index (χ1) is 15.2. The van der Waals surface area contributed by atoms with Crippen molar-refractivity contribution in [3.05, 3.63) is 54.1 Å². The lowest BCUT2D eigenvalue weighted by molar-refractivity contribution is 0.341. The molecule has 31 heavy (non-hydrogen) atoms. The van der Waals surface area contributed by atoms with Gasteiger partial charge in [0.1, 0.15) is 5.75 Å². The lowest BCUT2D eigenvalue weighted by Gasteiger charge is -2.20. The van der Waals surface area contributed by atoms with Gasteiger partial charge in [0.2, 0.25) is 0 Å². The maximum Gasteiger partial charge on any atom is 0.142 e. The molecule has 1 unspecified atom stereocenters. The van der Waals surface area contributed by atoms with Gasteiger partial charge in [0.05, 0.1) is 18.5 Å². The summed E-state index contributed by atoms with van der Waals surface area (Å²) in [6.45, 7) is 7.09. The Bertz CT molecular complexity index is 698. The number of rotatable bonds is 17. The van der Waals surface area contributed by atoms with Crippen molar-refractivity contribution in [2.24, 2.45) is 0 Å². The molecule has 0 fully saturated rings. The van der Waals surface area contributed by atoms with Crippen LogP contribution < -0.4 is 15.4 Å². The van der Waals surface area contributed by atoms with Crippen LogP contribution in [0, 0.1) is 0 Å². The van der Waals surface area contributed by atoms with Crippen LogP contribution in [0.3, 0.4) is 0 Å². The van der Waals surface area contributed by atoms with E-state index in [9.17, 15) is 0 Å². The van der Waals surface area contributed by atoms with Crippen LogP contribution in [0.25, 0.3) is 0 Å². The van der Waals surface area contributed by atoms with Crippen molar-refractivity contribution in [2.45, 2.75) is 97.6 Å². The largest absolute Gasteiger partial charge is 0.492 e. The Labute approximate surface area is 191 Å². The molecule has 0 aromatic heterocycles. The lowest BCUT2D eigenvalue weighted by Crippen LogP contribution is -2.25. The predicted molar refractivity (Wildman–Crippen MR) is 136 cm³/mol. The van der Waals surface area contributed by atoms with E-state index in [1.54, 1.807) is 0 Å². The van der Waals surface area contributed by atoms with E-state index in [2.05, 4.69) is 54.8 Å². The van der Waals surface area contributed by atoms with Crippen molar-refractivity contribution < 1.29 is 4.74 Å². The number of benzene rings is 2. The van der Waals surface area contributed by atoms with Gasteiger partial charge in [-0.2, -0.15) is 0 Å². The first-order valence-electron chi connectivity index (χ1n) is 12.6. The quantitative estimate of drug-likeness (QED) is 0.197. The van der Waals surface area contributed by atoms with Gasteiger partial charge in [-0.25, -0.2) is 0 Å². The topological polar surface area (TPSA) is 33.3 Å². The van der Waals surface area contributed by atoms with Gasteiger partial charge in [0.15, 0.2) is 0 Å². The van der Waals surface area contributed by atoms with Gasteiger partial charge >= 0.3 is 0 Å². The highest BCUT2D eigenvalue weighted by atomic mass is 16.5. The Morgan fingerprint density at radius 2 is 1.32 bits per heavy atom. The van der Waals surface area contributed by atoms with Crippen molar-refractivity contribution >= 4 is 11.4 Å². The van der Waals surface area contributed by atoms with E-state index >= 15 is 0 Å². The SMILES string of the molecule is CCCCCCCCCCCCc1ccc(NC(C)Nc2ccccc2OCC)cc1. The van der Waals surface area contributed by atoms with E-state index in [0.717, 1.165) is 17.1 Å². The number of anilines is 2. The Balaban J connectivity index is 1.62. The average molecular weight is 425 g/mol. The molecule has 2 aromatic rings. The summed E-state index contributed by atoms with van der Waals surface area (Å²) < 4.78 is 5.70. The van der Waals surface area contributed by atoms with E-state index in [0.29, 0.717) is 6.61 Å². The van der Waals surface area contributed by atoms with Crippen LogP contribution in [0.4, 0.5) is 11.4 Å². The molecule has 1 atom stereocenters. The van der Waals surface area contributed by atoms with Gasteiger partial charge in [-0.15, -0.1) is 0 Å². The molecule has 2 N–H and O–H groups in total. The molecule has 2 aromatic carbocycles. The van der Waals surface area contributed by atoms with E-state index in [1.807, 2.05) is 25.1 Å². The molecular formula is C28H44N2O. The molecule has 0 aliphatic rings. The third-order valence-corrected chi connectivity index (χ3v) is 5.72. The van der Waals surface area contributed by atoms with Gasteiger partial charge in [0, 0.05) is 5.69 Å². The van der Waals surface area contributed by atoms with Crippen LogP contribution in [0.5, 0.6) is 5.75 Å². The van der Waals surface area contributed by atoms with Crippen molar-refractivity contribution in [3.8, 4) is 5.75 Å². The summed E-state index contributed by atoms with van der Waals surface area (Å²) in [5, 5.41) is 7.02. The lowest BCUT2D eigenvalue weighted by atomic mass is 10.0. The third-order valence-electron chi connectivity index (χ3n) is 5.72. The van der Waals surface area contributed by atoms with E-state index in [1.165, 1.54) is 76.2 Å². The van der Waals surface area contributed by atoms with Gasteiger partial charge in [-0.05, 0) is 56.5 Å². The highest BCUT2D eigenvalue weighted by molar-refractivity contribution is 5.58. The Kier molecular flexibility index (Phi) is 12.6. The molecular weight excluding hydrogens is 380 g/mol. The zero-order valence-electron chi connectivity index (χ0n) is 20.1. The zero-order chi connectivity index (χ0) is 22.2. The predicted octanol–water partition coefficient (Wildman–Crippen LogP) is 8.42. The molecule has 0 radical (unpaired) electrons. The number of aryl methyl sites for hydroxylation is 1. The fraction of sp³-hybridized carbons (Fsp3) is 0.571. The second-order valence-electron chi connectivity index (χ2n) is 8.57. The average Bonchev–Trinajstić information content (AvgIpc) is 2.78. The van der Waals surface area contributed by atoms with Gasteiger partial charge < -0.3 is 15.4 Å². The third kappa shape index (κ3) is 10.6. The molecule has 2 rings (SSSR count). The summed E-state index contributed by atoms with van der Waals surface area (Å²) in [7, 11) is 0. The Morgan fingerprint density at radius 1 is 0.710 bits per heavy atom. The van der Waals surface area contributed by atoms with E-state index in [4.69, 9.17) is 4.74 Å². The van der Waals surface area contributed by atoms with Crippen LogP contribution in [-0.2, 0) is 6.42 Å². The van der Waals surface area contributed by atoms with Crippen molar-refractivity contribution in [1.82, 2.24) is 0 Å². The molecule has 0 heterocycles. The molecule has 0 saturated carbocycles. The van der Waals surface area contributed by atoms with Crippen LogP contribution in [0.1, 0.15) is 90.5 Å². The summed E-state index contributed by atoms with van der Waals surface area (Å²) >= 11 is 0. The molecule has 3 heteroatoms. The maximum absolute atomic E-state index is 5.70. The van der Waals surface area contributed by atoms with E-state index in [-0.39, 0.29) is 6.17 Å². The minimum Gasteiger partial charge on any atom is -0.492 e. The van der Waals surface area contributed by atoms with Crippen LogP contribution in [0.15, 0.2) is 48.5 Å². The fourth-order valence-corrected chi connectivity index (χ4v) is 3.97. The smallest absolute Gasteiger partial charge is 0.142 e. The first kappa shape index (κ1) is 25.1. The molecule has 0 spiro atoms. The van der Waals surface area contributed by atoms with Crippen molar-refractivity contribution in [3.63, 3.8) is 0 Å². The number of unbranched alkanes of at least 4 members (excludes halogenated alkanes) is 9. The normalized spacial score (nSPS) is 11.8. The molecule has 172 valence electrons. The summed E-state index contributed by atoms with van der Waals surface area (Å²) in [5.74, 6) is 0.894. The minimum absolute atomic E-state index is 0.106. The molecule has 0 aliphatic heterocycles. The number of para-hydroxylation sites is 2. The molecule has 0 aliphatic carbocycles. The van der Waals surface area contributed by atoms with Crippen LogP contribution in [0.2, 0.25) is 0 Å². The van der Waals surface area contributed by atoms with Gasteiger partial charge in [0.25, 0.3) is 0 Å².